The maximum atomic E-state index is 3.22. The molecule has 2 heteroatoms. The molecule has 0 saturated heterocycles. The third kappa shape index (κ3) is 4.07. The van der Waals surface area contributed by atoms with Crippen LogP contribution < -0.4 is 9.80 Å². The Morgan fingerprint density at radius 3 is 1.35 bits per heavy atom. The quantitative estimate of drug-likeness (QED) is 0.782. The number of nitrogens with zero attached hydrogens (tertiary/aromatic N) is 2. The average Bonchev–Trinajstić information content (AvgIpc) is 2.53. The molecule has 0 aliphatic carbocycles. The highest BCUT2D eigenvalue weighted by atomic mass is 15.1. The minimum absolute atomic E-state index is 0.743. The van der Waals surface area contributed by atoms with Crippen LogP contribution in [-0.2, 0) is 0 Å². The first-order valence-corrected chi connectivity index (χ1v) is 6.75. The van der Waals surface area contributed by atoms with Gasteiger partial charge in [0.2, 0.25) is 0 Å². The zero-order chi connectivity index (χ0) is 14.2. The Morgan fingerprint density at radius 2 is 1.00 bits per heavy atom. The van der Waals surface area contributed by atoms with Crippen LogP contribution in [0.1, 0.15) is 0 Å². The fourth-order valence-corrected chi connectivity index (χ4v) is 1.90. The van der Waals surface area contributed by atoms with Crippen LogP contribution in [-0.4, -0.2) is 27.2 Å². The number of anilines is 2. The van der Waals surface area contributed by atoms with E-state index in [1.807, 2.05) is 36.4 Å². The van der Waals surface area contributed by atoms with Crippen molar-refractivity contribution < 1.29 is 0 Å². The average molecular weight is 264 g/mol. The fourth-order valence-electron chi connectivity index (χ4n) is 1.90. The summed E-state index contributed by atoms with van der Waals surface area (Å²) in [5, 5.41) is 0. The summed E-state index contributed by atoms with van der Waals surface area (Å²) in [7, 11) is 4.12. The van der Waals surface area contributed by atoms with E-state index in [0.717, 1.165) is 13.1 Å². The molecule has 0 aliphatic heterocycles. The first kappa shape index (κ1) is 14.0. The lowest BCUT2D eigenvalue weighted by Gasteiger charge is -2.16. The van der Waals surface area contributed by atoms with Gasteiger partial charge in [-0.2, -0.15) is 0 Å². The molecule has 102 valence electrons. The summed E-state index contributed by atoms with van der Waals surface area (Å²) < 4.78 is 0. The summed E-state index contributed by atoms with van der Waals surface area (Å²) >= 11 is 0. The Hall–Kier alpha value is -2.40. The van der Waals surface area contributed by atoms with Gasteiger partial charge in [-0.25, -0.2) is 0 Å². The third-order valence-corrected chi connectivity index (χ3v) is 3.15. The van der Waals surface area contributed by atoms with Crippen LogP contribution in [0.5, 0.6) is 0 Å². The Morgan fingerprint density at radius 1 is 0.650 bits per heavy atom. The second-order valence-electron chi connectivity index (χ2n) is 4.74. The monoisotopic (exact) mass is 264 g/mol. The normalized spacial score (nSPS) is 9.50. The molecule has 0 radical (unpaired) electrons. The lowest BCUT2D eigenvalue weighted by atomic mass is 10.3. The van der Waals surface area contributed by atoms with E-state index in [1.165, 1.54) is 11.4 Å². The SMILES string of the molecule is CN(CC#CCN(C)c1ccccc1)c1ccccc1. The summed E-state index contributed by atoms with van der Waals surface area (Å²) in [6.45, 7) is 1.49. The molecular weight excluding hydrogens is 244 g/mol. The van der Waals surface area contributed by atoms with Gasteiger partial charge in [-0.3, -0.25) is 0 Å². The number of para-hydroxylation sites is 2. The van der Waals surface area contributed by atoms with Crippen molar-refractivity contribution in [1.82, 2.24) is 0 Å². The maximum Gasteiger partial charge on any atom is 0.0791 e. The molecule has 20 heavy (non-hydrogen) atoms. The second-order valence-corrected chi connectivity index (χ2v) is 4.74. The van der Waals surface area contributed by atoms with E-state index in [1.54, 1.807) is 0 Å². The lowest BCUT2D eigenvalue weighted by Crippen LogP contribution is -2.19. The highest BCUT2D eigenvalue weighted by Gasteiger charge is 1.97. The smallest absolute Gasteiger partial charge is 0.0791 e. The van der Waals surface area contributed by atoms with Gasteiger partial charge in [0.1, 0.15) is 0 Å². The highest BCUT2D eigenvalue weighted by Crippen LogP contribution is 2.10. The molecular formula is C18H20N2. The van der Waals surface area contributed by atoms with Gasteiger partial charge in [-0.05, 0) is 24.3 Å². The molecule has 0 unspecified atom stereocenters. The molecule has 2 aromatic carbocycles. The van der Waals surface area contributed by atoms with E-state index in [2.05, 4.69) is 60.0 Å². The van der Waals surface area contributed by atoms with Crippen molar-refractivity contribution in [3.8, 4) is 11.8 Å². The van der Waals surface area contributed by atoms with Crippen LogP contribution in [0.3, 0.4) is 0 Å². The molecule has 2 rings (SSSR count). The molecule has 2 nitrogen and oxygen atoms in total. The molecule has 2 aromatic rings. The molecule has 0 spiro atoms. The maximum absolute atomic E-state index is 3.22. The Labute approximate surface area is 121 Å². The van der Waals surface area contributed by atoms with Gasteiger partial charge < -0.3 is 9.80 Å². The largest absolute Gasteiger partial charge is 0.363 e. The van der Waals surface area contributed by atoms with Crippen LogP contribution in [0.15, 0.2) is 60.7 Å². The van der Waals surface area contributed by atoms with Crippen molar-refractivity contribution in [2.24, 2.45) is 0 Å². The number of rotatable bonds is 4. The second kappa shape index (κ2) is 7.25. The van der Waals surface area contributed by atoms with Crippen molar-refractivity contribution in [3.63, 3.8) is 0 Å². The molecule has 0 N–H and O–H groups in total. The summed E-state index contributed by atoms with van der Waals surface area (Å²) in [5.41, 5.74) is 2.39. The zero-order valence-electron chi connectivity index (χ0n) is 12.1. The van der Waals surface area contributed by atoms with E-state index in [-0.39, 0.29) is 0 Å². The molecule has 0 amide bonds. The third-order valence-electron chi connectivity index (χ3n) is 3.15. The van der Waals surface area contributed by atoms with Crippen LogP contribution >= 0.6 is 0 Å². The van der Waals surface area contributed by atoms with E-state index in [0.29, 0.717) is 0 Å². The number of benzene rings is 2. The van der Waals surface area contributed by atoms with Gasteiger partial charge in [0.05, 0.1) is 13.1 Å². The predicted molar refractivity (Wildman–Crippen MR) is 87.2 cm³/mol. The van der Waals surface area contributed by atoms with Crippen molar-refractivity contribution in [3.05, 3.63) is 60.7 Å². The van der Waals surface area contributed by atoms with Crippen LogP contribution in [0.2, 0.25) is 0 Å². The van der Waals surface area contributed by atoms with Gasteiger partial charge in [-0.15, -0.1) is 0 Å². The van der Waals surface area contributed by atoms with Gasteiger partial charge >= 0.3 is 0 Å². The van der Waals surface area contributed by atoms with Crippen molar-refractivity contribution in [1.29, 1.82) is 0 Å². The molecule has 0 fully saturated rings. The van der Waals surface area contributed by atoms with E-state index in [9.17, 15) is 0 Å². The first-order valence-electron chi connectivity index (χ1n) is 6.75. The molecule has 0 aliphatic rings. The minimum atomic E-state index is 0.743. The first-order chi connectivity index (χ1) is 9.77. The minimum Gasteiger partial charge on any atom is -0.363 e. The van der Waals surface area contributed by atoms with Gasteiger partial charge in [-0.1, -0.05) is 48.2 Å². The van der Waals surface area contributed by atoms with Crippen molar-refractivity contribution >= 4 is 11.4 Å². The van der Waals surface area contributed by atoms with Crippen LogP contribution in [0, 0.1) is 11.8 Å². The van der Waals surface area contributed by atoms with Gasteiger partial charge in [0.15, 0.2) is 0 Å². The molecule has 0 atom stereocenters. The predicted octanol–water partition coefficient (Wildman–Crippen LogP) is 3.26. The van der Waals surface area contributed by atoms with E-state index in [4.69, 9.17) is 0 Å². The Bertz CT molecular complexity index is 515. The molecule has 0 heterocycles. The summed E-state index contributed by atoms with van der Waals surface area (Å²) in [6.07, 6.45) is 0. The Kier molecular flexibility index (Phi) is 5.08. The van der Waals surface area contributed by atoms with Gasteiger partial charge in [0, 0.05) is 25.5 Å². The topological polar surface area (TPSA) is 6.48 Å². The number of hydrogen-bond donors (Lipinski definition) is 0. The lowest BCUT2D eigenvalue weighted by molar-refractivity contribution is 1.03. The van der Waals surface area contributed by atoms with Gasteiger partial charge in [0.25, 0.3) is 0 Å². The summed E-state index contributed by atoms with van der Waals surface area (Å²) in [5.74, 6) is 6.44. The van der Waals surface area contributed by atoms with Crippen LogP contribution in [0.25, 0.3) is 0 Å². The Balaban J connectivity index is 1.83. The summed E-state index contributed by atoms with van der Waals surface area (Å²) in [6, 6.07) is 20.6. The summed E-state index contributed by atoms with van der Waals surface area (Å²) in [4.78, 5) is 4.30. The molecule has 0 aromatic heterocycles. The molecule has 0 bridgehead atoms. The fraction of sp³-hybridized carbons (Fsp3) is 0.222. The van der Waals surface area contributed by atoms with E-state index >= 15 is 0 Å². The van der Waals surface area contributed by atoms with Crippen molar-refractivity contribution in [2.75, 3.05) is 37.0 Å². The molecule has 0 saturated carbocycles. The number of hydrogen-bond acceptors (Lipinski definition) is 2. The van der Waals surface area contributed by atoms with Crippen LogP contribution in [0.4, 0.5) is 11.4 Å². The van der Waals surface area contributed by atoms with E-state index < -0.39 is 0 Å². The van der Waals surface area contributed by atoms with Crippen molar-refractivity contribution in [2.45, 2.75) is 0 Å². The zero-order valence-corrected chi connectivity index (χ0v) is 12.1. The standard InChI is InChI=1S/C18H20N2/c1-19(17-11-5-3-6-12-17)15-9-10-16-20(2)18-13-7-4-8-14-18/h3-8,11-14H,15-16H2,1-2H3. The highest BCUT2D eigenvalue weighted by molar-refractivity contribution is 5.47.